The summed E-state index contributed by atoms with van der Waals surface area (Å²) in [6.45, 7) is 4.28. The van der Waals surface area contributed by atoms with Gasteiger partial charge in [0.1, 0.15) is 11.5 Å². The standard InChI is InChI=1S/C16H27NO3/c1-7-16(8-2,20-6)15(17-3)14-12(18-4)10-9-11-13(14)19-5/h9-11,15,17H,7-8H2,1-6H3. The van der Waals surface area contributed by atoms with Crippen LogP contribution in [0.1, 0.15) is 38.3 Å². The maximum absolute atomic E-state index is 5.87. The van der Waals surface area contributed by atoms with E-state index < -0.39 is 0 Å². The van der Waals surface area contributed by atoms with Crippen LogP contribution in [0.3, 0.4) is 0 Å². The third kappa shape index (κ3) is 2.91. The highest BCUT2D eigenvalue weighted by Crippen LogP contribution is 2.42. The van der Waals surface area contributed by atoms with E-state index in [0.717, 1.165) is 29.9 Å². The highest BCUT2D eigenvalue weighted by Gasteiger charge is 2.39. The summed E-state index contributed by atoms with van der Waals surface area (Å²) in [5, 5.41) is 3.38. The molecule has 4 nitrogen and oxygen atoms in total. The quantitative estimate of drug-likeness (QED) is 0.794. The second-order valence-electron chi connectivity index (χ2n) is 4.77. The first-order valence-corrected chi connectivity index (χ1v) is 7.07. The van der Waals surface area contributed by atoms with Crippen LogP contribution in [0.5, 0.6) is 11.5 Å². The minimum absolute atomic E-state index is 0.00593. The number of benzene rings is 1. The summed E-state index contributed by atoms with van der Waals surface area (Å²) >= 11 is 0. The van der Waals surface area contributed by atoms with E-state index in [1.807, 2.05) is 25.2 Å². The molecule has 0 saturated carbocycles. The summed E-state index contributed by atoms with van der Waals surface area (Å²) in [6, 6.07) is 5.83. The maximum atomic E-state index is 5.87. The molecule has 0 amide bonds. The Labute approximate surface area is 122 Å². The Morgan fingerprint density at radius 1 is 1.05 bits per heavy atom. The first-order valence-electron chi connectivity index (χ1n) is 7.07. The van der Waals surface area contributed by atoms with Gasteiger partial charge in [0.25, 0.3) is 0 Å². The predicted octanol–water partition coefficient (Wildman–Crippen LogP) is 3.17. The number of methoxy groups -OCH3 is 3. The third-order valence-corrected chi connectivity index (χ3v) is 4.17. The fourth-order valence-corrected chi connectivity index (χ4v) is 2.90. The molecule has 0 spiro atoms. The van der Waals surface area contributed by atoms with Gasteiger partial charge >= 0.3 is 0 Å². The lowest BCUT2D eigenvalue weighted by molar-refractivity contribution is -0.0477. The molecular formula is C16H27NO3. The Morgan fingerprint density at radius 3 is 1.85 bits per heavy atom. The summed E-state index contributed by atoms with van der Waals surface area (Å²) in [7, 11) is 7.06. The van der Waals surface area contributed by atoms with Crippen LogP contribution in [-0.2, 0) is 4.74 Å². The van der Waals surface area contributed by atoms with Crippen molar-refractivity contribution in [3.05, 3.63) is 23.8 Å². The van der Waals surface area contributed by atoms with E-state index in [4.69, 9.17) is 14.2 Å². The van der Waals surface area contributed by atoms with E-state index >= 15 is 0 Å². The fourth-order valence-electron chi connectivity index (χ4n) is 2.90. The van der Waals surface area contributed by atoms with Gasteiger partial charge in [-0.25, -0.2) is 0 Å². The summed E-state index contributed by atoms with van der Waals surface area (Å²) in [5.74, 6) is 1.62. The average Bonchev–Trinajstić information content (AvgIpc) is 2.52. The van der Waals surface area contributed by atoms with Crippen molar-refractivity contribution in [1.29, 1.82) is 0 Å². The molecule has 0 heterocycles. The zero-order chi connectivity index (χ0) is 15.2. The van der Waals surface area contributed by atoms with Crippen LogP contribution in [0, 0.1) is 0 Å². The second-order valence-corrected chi connectivity index (χ2v) is 4.77. The zero-order valence-corrected chi connectivity index (χ0v) is 13.4. The SMILES string of the molecule is CCC(CC)(OC)C(NC)c1c(OC)cccc1OC. The number of nitrogens with one attached hydrogen (secondary N) is 1. The molecule has 1 unspecified atom stereocenters. The van der Waals surface area contributed by atoms with Gasteiger partial charge < -0.3 is 19.5 Å². The normalized spacial score (nSPS) is 13.1. The summed E-state index contributed by atoms with van der Waals surface area (Å²) in [6.07, 6.45) is 1.79. The van der Waals surface area contributed by atoms with Gasteiger partial charge in [-0.3, -0.25) is 0 Å². The number of ether oxygens (including phenoxy) is 3. The van der Waals surface area contributed by atoms with E-state index in [1.54, 1.807) is 21.3 Å². The molecule has 0 aliphatic carbocycles. The Balaban J connectivity index is 3.44. The van der Waals surface area contributed by atoms with E-state index in [0.29, 0.717) is 0 Å². The van der Waals surface area contributed by atoms with E-state index in [1.165, 1.54) is 0 Å². The van der Waals surface area contributed by atoms with Crippen molar-refractivity contribution in [3.8, 4) is 11.5 Å². The van der Waals surface area contributed by atoms with Crippen molar-refractivity contribution in [2.45, 2.75) is 38.3 Å². The van der Waals surface area contributed by atoms with Crippen molar-refractivity contribution in [1.82, 2.24) is 5.32 Å². The van der Waals surface area contributed by atoms with Gasteiger partial charge in [0.2, 0.25) is 0 Å². The number of rotatable bonds is 8. The molecule has 4 heteroatoms. The van der Waals surface area contributed by atoms with Crippen molar-refractivity contribution < 1.29 is 14.2 Å². The minimum Gasteiger partial charge on any atom is -0.496 e. The smallest absolute Gasteiger partial charge is 0.127 e. The van der Waals surface area contributed by atoms with Gasteiger partial charge in [0.05, 0.1) is 31.4 Å². The Morgan fingerprint density at radius 2 is 1.55 bits per heavy atom. The van der Waals surface area contributed by atoms with Crippen molar-refractivity contribution in [3.63, 3.8) is 0 Å². The molecule has 0 radical (unpaired) electrons. The largest absolute Gasteiger partial charge is 0.496 e. The molecule has 1 aromatic carbocycles. The van der Waals surface area contributed by atoms with Crippen LogP contribution in [0.25, 0.3) is 0 Å². The van der Waals surface area contributed by atoms with Gasteiger partial charge in [-0.2, -0.15) is 0 Å². The summed E-state index contributed by atoms with van der Waals surface area (Å²) in [5.41, 5.74) is 0.710. The van der Waals surface area contributed by atoms with Crippen molar-refractivity contribution >= 4 is 0 Å². The van der Waals surface area contributed by atoms with E-state index in [9.17, 15) is 0 Å². The lowest BCUT2D eigenvalue weighted by Crippen LogP contribution is -2.44. The molecule has 20 heavy (non-hydrogen) atoms. The summed E-state index contributed by atoms with van der Waals surface area (Å²) < 4.78 is 16.9. The average molecular weight is 281 g/mol. The molecule has 0 aromatic heterocycles. The van der Waals surface area contributed by atoms with Gasteiger partial charge in [0, 0.05) is 7.11 Å². The Kier molecular flexibility index (Phi) is 6.30. The molecule has 1 aromatic rings. The molecule has 0 bridgehead atoms. The molecule has 114 valence electrons. The van der Waals surface area contributed by atoms with Crippen molar-refractivity contribution in [2.75, 3.05) is 28.4 Å². The van der Waals surface area contributed by atoms with Gasteiger partial charge in [-0.15, -0.1) is 0 Å². The second kappa shape index (κ2) is 7.50. The molecule has 0 saturated heterocycles. The molecule has 1 atom stereocenters. The number of hydrogen-bond acceptors (Lipinski definition) is 4. The first kappa shape index (κ1) is 16.8. The van der Waals surface area contributed by atoms with E-state index in [-0.39, 0.29) is 11.6 Å². The molecule has 1 N–H and O–H groups in total. The topological polar surface area (TPSA) is 39.7 Å². The summed E-state index contributed by atoms with van der Waals surface area (Å²) in [4.78, 5) is 0. The van der Waals surface area contributed by atoms with Gasteiger partial charge in [0.15, 0.2) is 0 Å². The van der Waals surface area contributed by atoms with Crippen LogP contribution in [0.4, 0.5) is 0 Å². The highest BCUT2D eigenvalue weighted by molar-refractivity contribution is 5.48. The highest BCUT2D eigenvalue weighted by atomic mass is 16.5. The lowest BCUT2D eigenvalue weighted by atomic mass is 9.83. The van der Waals surface area contributed by atoms with Crippen LogP contribution in [0.2, 0.25) is 0 Å². The predicted molar refractivity (Wildman–Crippen MR) is 81.7 cm³/mol. The third-order valence-electron chi connectivity index (χ3n) is 4.17. The zero-order valence-electron chi connectivity index (χ0n) is 13.4. The lowest BCUT2D eigenvalue weighted by Gasteiger charge is -2.39. The van der Waals surface area contributed by atoms with Crippen LogP contribution < -0.4 is 14.8 Å². The van der Waals surface area contributed by atoms with Gasteiger partial charge in [-0.1, -0.05) is 19.9 Å². The Bertz CT molecular complexity index is 386. The monoisotopic (exact) mass is 281 g/mol. The minimum atomic E-state index is -0.295. The molecule has 1 rings (SSSR count). The van der Waals surface area contributed by atoms with Crippen molar-refractivity contribution in [2.24, 2.45) is 0 Å². The Hall–Kier alpha value is -1.26. The van der Waals surface area contributed by atoms with Crippen LogP contribution in [-0.4, -0.2) is 34.0 Å². The van der Waals surface area contributed by atoms with Crippen LogP contribution in [0.15, 0.2) is 18.2 Å². The van der Waals surface area contributed by atoms with Crippen LogP contribution >= 0.6 is 0 Å². The van der Waals surface area contributed by atoms with E-state index in [2.05, 4.69) is 19.2 Å². The van der Waals surface area contributed by atoms with Gasteiger partial charge in [-0.05, 0) is 32.0 Å². The maximum Gasteiger partial charge on any atom is 0.127 e. The first-order chi connectivity index (χ1) is 9.63. The molecule has 0 aliphatic rings. The molecule has 0 fully saturated rings. The number of likely N-dealkylation sites (N-methyl/N-ethyl adjacent to an activating group) is 1. The fraction of sp³-hybridized carbons (Fsp3) is 0.625. The number of hydrogen-bond donors (Lipinski definition) is 1. The molecular weight excluding hydrogens is 254 g/mol. The molecule has 0 aliphatic heterocycles.